The number of hydrogen-bond donors (Lipinski definition) is 1. The van der Waals surface area contributed by atoms with Crippen molar-refractivity contribution in [3.05, 3.63) is 29.8 Å². The van der Waals surface area contributed by atoms with Crippen LogP contribution in [0.25, 0.3) is 0 Å². The largest absolute Gasteiger partial charge is 0.355 e. The Hall–Kier alpha value is -1.55. The molecule has 1 fully saturated rings. The molecule has 1 saturated carbocycles. The summed E-state index contributed by atoms with van der Waals surface area (Å²) in [5.41, 5.74) is 2.73. The molecule has 0 bridgehead atoms. The fraction of sp³-hybridized carbons (Fsp3) is 0.611. The van der Waals surface area contributed by atoms with Gasteiger partial charge < -0.3 is 10.2 Å². The van der Waals surface area contributed by atoms with Gasteiger partial charge in [0.15, 0.2) is 5.96 Å². The van der Waals surface area contributed by atoms with Gasteiger partial charge in [-0.1, -0.05) is 18.2 Å². The Morgan fingerprint density at radius 2 is 2.14 bits per heavy atom. The smallest absolute Gasteiger partial charge is 0.198 e. The molecule has 0 atom stereocenters. The third-order valence-corrected chi connectivity index (χ3v) is 4.69. The Morgan fingerprint density at radius 1 is 1.36 bits per heavy atom. The minimum absolute atomic E-state index is 0.629. The first-order valence-corrected chi connectivity index (χ1v) is 8.52. The number of nitrogens with one attached hydrogen (secondary N) is 1. The van der Waals surface area contributed by atoms with Gasteiger partial charge in [0.2, 0.25) is 0 Å². The second-order valence-corrected chi connectivity index (χ2v) is 6.57. The molecule has 3 rings (SSSR count). The molecule has 1 aromatic carbocycles. The minimum atomic E-state index is 0.629. The Bertz CT molecular complexity index is 532. The summed E-state index contributed by atoms with van der Waals surface area (Å²) in [6, 6.07) is 10.1. The first kappa shape index (κ1) is 15.3. The first-order valence-electron chi connectivity index (χ1n) is 8.52. The van der Waals surface area contributed by atoms with Crippen molar-refractivity contribution in [3.8, 4) is 0 Å². The SMILES string of the molecule is CN=C(NCCN(C(C)C)C1CC1)N1CCc2ccccc21. The lowest BCUT2D eigenvalue weighted by Gasteiger charge is -2.28. The number of nitrogens with zero attached hydrogens (tertiary/aromatic N) is 3. The number of anilines is 1. The molecule has 4 heteroatoms. The zero-order valence-electron chi connectivity index (χ0n) is 14.0. The van der Waals surface area contributed by atoms with Gasteiger partial charge in [-0.15, -0.1) is 0 Å². The Kier molecular flexibility index (Phi) is 4.67. The average molecular weight is 300 g/mol. The van der Waals surface area contributed by atoms with E-state index < -0.39 is 0 Å². The highest BCUT2D eigenvalue weighted by molar-refractivity contribution is 5.97. The van der Waals surface area contributed by atoms with Crippen molar-refractivity contribution < 1.29 is 0 Å². The van der Waals surface area contributed by atoms with Gasteiger partial charge in [-0.2, -0.15) is 0 Å². The fourth-order valence-electron chi connectivity index (χ4n) is 3.42. The summed E-state index contributed by atoms with van der Waals surface area (Å²) in [6.45, 7) is 7.67. The topological polar surface area (TPSA) is 30.9 Å². The number of guanidine groups is 1. The maximum absolute atomic E-state index is 4.48. The maximum Gasteiger partial charge on any atom is 0.198 e. The molecular weight excluding hydrogens is 272 g/mol. The number of rotatable bonds is 5. The van der Waals surface area contributed by atoms with Gasteiger partial charge in [-0.3, -0.25) is 9.89 Å². The molecule has 120 valence electrons. The molecule has 0 amide bonds. The fourth-order valence-corrected chi connectivity index (χ4v) is 3.42. The van der Waals surface area contributed by atoms with Crippen LogP contribution in [0.15, 0.2) is 29.3 Å². The van der Waals surface area contributed by atoms with E-state index in [0.29, 0.717) is 6.04 Å². The van der Waals surface area contributed by atoms with E-state index in [1.54, 1.807) is 0 Å². The Labute approximate surface area is 134 Å². The lowest BCUT2D eigenvalue weighted by atomic mass is 10.2. The molecule has 0 unspecified atom stereocenters. The second kappa shape index (κ2) is 6.69. The van der Waals surface area contributed by atoms with Crippen molar-refractivity contribution in [1.29, 1.82) is 0 Å². The van der Waals surface area contributed by atoms with Crippen LogP contribution in [0.1, 0.15) is 32.3 Å². The van der Waals surface area contributed by atoms with E-state index in [4.69, 9.17) is 0 Å². The summed E-state index contributed by atoms with van der Waals surface area (Å²) in [5, 5.41) is 3.55. The van der Waals surface area contributed by atoms with Crippen LogP contribution in [0, 0.1) is 0 Å². The van der Waals surface area contributed by atoms with Gasteiger partial charge >= 0.3 is 0 Å². The molecule has 1 heterocycles. The molecule has 1 aromatic rings. The standard InChI is InChI=1S/C18H28N4/c1-14(2)21(16-8-9-16)13-11-20-18(19-3)22-12-10-15-6-4-5-7-17(15)22/h4-7,14,16H,8-13H2,1-3H3,(H,19,20). The third-order valence-electron chi connectivity index (χ3n) is 4.69. The van der Waals surface area contributed by atoms with Crippen LogP contribution in [0.4, 0.5) is 5.69 Å². The van der Waals surface area contributed by atoms with Gasteiger partial charge in [0.25, 0.3) is 0 Å². The zero-order chi connectivity index (χ0) is 15.5. The molecule has 1 aliphatic heterocycles. The van der Waals surface area contributed by atoms with Crippen molar-refractivity contribution in [1.82, 2.24) is 10.2 Å². The average Bonchev–Trinajstić information content (AvgIpc) is 3.26. The first-order chi connectivity index (χ1) is 10.7. The number of benzene rings is 1. The highest BCUT2D eigenvalue weighted by Gasteiger charge is 2.30. The zero-order valence-corrected chi connectivity index (χ0v) is 14.0. The van der Waals surface area contributed by atoms with Crippen LogP contribution in [0.3, 0.4) is 0 Å². The predicted octanol–water partition coefficient (Wildman–Crippen LogP) is 2.50. The number of fused-ring (bicyclic) bond motifs is 1. The van der Waals surface area contributed by atoms with Crippen LogP contribution in [-0.4, -0.2) is 49.6 Å². The van der Waals surface area contributed by atoms with E-state index in [2.05, 4.69) is 58.2 Å². The monoisotopic (exact) mass is 300 g/mol. The van der Waals surface area contributed by atoms with E-state index in [0.717, 1.165) is 38.1 Å². The second-order valence-electron chi connectivity index (χ2n) is 6.57. The molecular formula is C18H28N4. The van der Waals surface area contributed by atoms with Crippen LogP contribution >= 0.6 is 0 Å². The summed E-state index contributed by atoms with van der Waals surface area (Å²) in [5.74, 6) is 1.00. The van der Waals surface area contributed by atoms with Crippen LogP contribution in [0.5, 0.6) is 0 Å². The molecule has 1 aliphatic carbocycles. The van der Waals surface area contributed by atoms with Crippen molar-refractivity contribution in [3.63, 3.8) is 0 Å². The van der Waals surface area contributed by atoms with Crippen LogP contribution in [0.2, 0.25) is 0 Å². The summed E-state index contributed by atoms with van der Waals surface area (Å²) in [4.78, 5) is 9.41. The normalized spacial score (nSPS) is 18.2. The van der Waals surface area contributed by atoms with Crippen LogP contribution < -0.4 is 10.2 Å². The summed E-state index contributed by atoms with van der Waals surface area (Å²) in [7, 11) is 1.88. The number of para-hydroxylation sites is 1. The highest BCUT2D eigenvalue weighted by Crippen LogP contribution is 2.28. The van der Waals surface area contributed by atoms with E-state index in [-0.39, 0.29) is 0 Å². The third kappa shape index (κ3) is 3.27. The highest BCUT2D eigenvalue weighted by atomic mass is 15.3. The number of aliphatic imine (C=N–C) groups is 1. The van der Waals surface area contributed by atoms with E-state index >= 15 is 0 Å². The van der Waals surface area contributed by atoms with Crippen molar-refractivity contribution in [2.45, 2.75) is 45.2 Å². The quantitative estimate of drug-likeness (QED) is 0.669. The lowest BCUT2D eigenvalue weighted by Crippen LogP contribution is -2.45. The van der Waals surface area contributed by atoms with Gasteiger partial charge in [0, 0.05) is 44.5 Å². The van der Waals surface area contributed by atoms with E-state index in [1.807, 2.05) is 7.05 Å². The molecule has 4 nitrogen and oxygen atoms in total. The molecule has 1 N–H and O–H groups in total. The van der Waals surface area contributed by atoms with Gasteiger partial charge in [0.05, 0.1) is 0 Å². The van der Waals surface area contributed by atoms with Crippen molar-refractivity contribution >= 4 is 11.6 Å². The molecule has 22 heavy (non-hydrogen) atoms. The van der Waals surface area contributed by atoms with E-state index in [1.165, 1.54) is 24.1 Å². The Balaban J connectivity index is 1.57. The summed E-state index contributed by atoms with van der Waals surface area (Å²) >= 11 is 0. The van der Waals surface area contributed by atoms with Gasteiger partial charge in [-0.05, 0) is 44.7 Å². The predicted molar refractivity (Wildman–Crippen MR) is 93.7 cm³/mol. The van der Waals surface area contributed by atoms with Gasteiger partial charge in [0.1, 0.15) is 0 Å². The molecule has 0 saturated heterocycles. The lowest BCUT2D eigenvalue weighted by molar-refractivity contribution is 0.215. The maximum atomic E-state index is 4.48. The summed E-state index contributed by atoms with van der Waals surface area (Å²) < 4.78 is 0. The number of hydrogen-bond acceptors (Lipinski definition) is 2. The molecule has 0 aromatic heterocycles. The molecule has 2 aliphatic rings. The van der Waals surface area contributed by atoms with Gasteiger partial charge in [-0.25, -0.2) is 0 Å². The van der Waals surface area contributed by atoms with Crippen LogP contribution in [-0.2, 0) is 6.42 Å². The Morgan fingerprint density at radius 3 is 2.82 bits per heavy atom. The summed E-state index contributed by atoms with van der Waals surface area (Å²) in [6.07, 6.45) is 3.84. The molecule has 0 radical (unpaired) electrons. The van der Waals surface area contributed by atoms with E-state index in [9.17, 15) is 0 Å². The molecule has 0 spiro atoms. The minimum Gasteiger partial charge on any atom is -0.355 e. The van der Waals surface area contributed by atoms with Crippen molar-refractivity contribution in [2.24, 2.45) is 4.99 Å². The van der Waals surface area contributed by atoms with Crippen molar-refractivity contribution in [2.75, 3.05) is 31.6 Å².